The Morgan fingerprint density at radius 2 is 1.91 bits per heavy atom. The van der Waals surface area contributed by atoms with Gasteiger partial charge in [0.1, 0.15) is 12.4 Å². The van der Waals surface area contributed by atoms with Gasteiger partial charge >= 0.3 is 5.76 Å². The Bertz CT molecular complexity index is 1360. The molecule has 33 heavy (non-hydrogen) atoms. The summed E-state index contributed by atoms with van der Waals surface area (Å²) in [4.78, 5) is 36.0. The van der Waals surface area contributed by atoms with E-state index in [0.717, 1.165) is 35.2 Å². The second-order valence-electron chi connectivity index (χ2n) is 8.55. The summed E-state index contributed by atoms with van der Waals surface area (Å²) in [5.41, 5.74) is 10.7. The van der Waals surface area contributed by atoms with Crippen molar-refractivity contribution in [1.29, 1.82) is 0 Å². The Labute approximate surface area is 190 Å². The second-order valence-corrected chi connectivity index (χ2v) is 8.55. The number of rotatable bonds is 4. The Kier molecular flexibility index (Phi) is 5.42. The van der Waals surface area contributed by atoms with E-state index in [4.69, 9.17) is 10.2 Å². The van der Waals surface area contributed by atoms with E-state index in [-0.39, 0.29) is 18.4 Å². The number of oxazole rings is 1. The summed E-state index contributed by atoms with van der Waals surface area (Å²) in [6.07, 6.45) is 5.42. The van der Waals surface area contributed by atoms with Crippen molar-refractivity contribution in [2.75, 3.05) is 18.8 Å². The zero-order chi connectivity index (χ0) is 22.9. The van der Waals surface area contributed by atoms with E-state index in [9.17, 15) is 9.59 Å². The number of hydrogen-bond donors (Lipinski definition) is 1. The van der Waals surface area contributed by atoms with Crippen LogP contribution in [0.1, 0.15) is 30.0 Å². The molecule has 2 N–H and O–H groups in total. The highest BCUT2D eigenvalue weighted by atomic mass is 16.4. The third-order valence-electron chi connectivity index (χ3n) is 6.21. The molecule has 4 aromatic rings. The van der Waals surface area contributed by atoms with Gasteiger partial charge in [0, 0.05) is 48.2 Å². The zero-order valence-electron chi connectivity index (χ0n) is 18.4. The minimum absolute atomic E-state index is 0.0293. The van der Waals surface area contributed by atoms with Gasteiger partial charge in [-0.2, -0.15) is 0 Å². The van der Waals surface area contributed by atoms with Crippen LogP contribution in [0.2, 0.25) is 0 Å². The normalized spacial score (nSPS) is 16.3. The van der Waals surface area contributed by atoms with Gasteiger partial charge in [-0.05, 0) is 55.7 Å². The van der Waals surface area contributed by atoms with Gasteiger partial charge in [-0.1, -0.05) is 12.1 Å². The maximum absolute atomic E-state index is 13.1. The van der Waals surface area contributed by atoms with Crippen LogP contribution >= 0.6 is 0 Å². The number of anilines is 1. The van der Waals surface area contributed by atoms with Crippen LogP contribution in [-0.2, 0) is 11.3 Å². The van der Waals surface area contributed by atoms with Crippen LogP contribution in [0.3, 0.4) is 0 Å². The van der Waals surface area contributed by atoms with Crippen LogP contribution in [0.25, 0.3) is 22.2 Å². The van der Waals surface area contributed by atoms with Crippen molar-refractivity contribution in [3.8, 4) is 11.1 Å². The number of nitrogen functional groups attached to an aromatic ring is 1. The first-order valence-corrected chi connectivity index (χ1v) is 11.0. The molecule has 1 aliphatic rings. The minimum Gasteiger partial charge on any atom is -0.408 e. The van der Waals surface area contributed by atoms with Gasteiger partial charge in [-0.3, -0.25) is 14.3 Å². The molecule has 8 heteroatoms. The van der Waals surface area contributed by atoms with E-state index in [0.29, 0.717) is 30.0 Å². The molecule has 1 aliphatic heterocycles. The lowest BCUT2D eigenvalue weighted by molar-refractivity contribution is -0.133. The molecule has 1 fully saturated rings. The first-order valence-electron chi connectivity index (χ1n) is 11.0. The molecule has 5 rings (SSSR count). The monoisotopic (exact) mass is 443 g/mol. The van der Waals surface area contributed by atoms with Gasteiger partial charge in [0.25, 0.3) is 0 Å². The number of nitrogens with zero attached hydrogens (tertiary/aromatic N) is 4. The van der Waals surface area contributed by atoms with Crippen molar-refractivity contribution < 1.29 is 9.21 Å². The maximum atomic E-state index is 13.1. The van der Waals surface area contributed by atoms with Crippen molar-refractivity contribution >= 4 is 22.8 Å². The number of amides is 1. The number of aryl methyl sites for hydroxylation is 1. The quantitative estimate of drug-likeness (QED) is 0.518. The van der Waals surface area contributed by atoms with E-state index in [2.05, 4.69) is 9.97 Å². The molecule has 0 radical (unpaired) electrons. The molecule has 8 nitrogen and oxygen atoms in total. The van der Waals surface area contributed by atoms with E-state index < -0.39 is 5.76 Å². The number of nitrogens with two attached hydrogens (primary N) is 1. The van der Waals surface area contributed by atoms with Crippen LogP contribution in [-0.4, -0.2) is 38.4 Å². The Morgan fingerprint density at radius 1 is 1.12 bits per heavy atom. The molecule has 1 saturated heterocycles. The summed E-state index contributed by atoms with van der Waals surface area (Å²) in [6, 6.07) is 13.2. The fraction of sp³-hybridized carbons (Fsp3) is 0.280. The molecule has 0 saturated carbocycles. The second kappa shape index (κ2) is 8.54. The Hall–Kier alpha value is -3.94. The lowest BCUT2D eigenvalue weighted by Gasteiger charge is -2.32. The molecule has 1 unspecified atom stereocenters. The largest absolute Gasteiger partial charge is 0.420 e. The number of carbonyl (C=O) groups is 1. The van der Waals surface area contributed by atoms with Gasteiger partial charge in [-0.15, -0.1) is 0 Å². The van der Waals surface area contributed by atoms with Crippen molar-refractivity contribution in [2.45, 2.75) is 32.2 Å². The van der Waals surface area contributed by atoms with Gasteiger partial charge in [0.15, 0.2) is 5.58 Å². The summed E-state index contributed by atoms with van der Waals surface area (Å²) in [6.45, 7) is 3.17. The summed E-state index contributed by atoms with van der Waals surface area (Å²) < 4.78 is 6.72. The smallest absolute Gasteiger partial charge is 0.408 e. The average molecular weight is 444 g/mol. The number of piperidine rings is 1. The SMILES string of the molecule is Cc1ccc2oc(=O)n(CC(=O)N3CCCC(c4ccc(-c5ccc(N)nc5)cn4)C3)c2c1. The fourth-order valence-electron chi connectivity index (χ4n) is 4.40. The lowest BCUT2D eigenvalue weighted by atomic mass is 9.93. The van der Waals surface area contributed by atoms with E-state index in [1.54, 1.807) is 18.3 Å². The summed E-state index contributed by atoms with van der Waals surface area (Å²) >= 11 is 0. The first kappa shape index (κ1) is 20.9. The average Bonchev–Trinajstić information content (AvgIpc) is 3.14. The molecule has 0 spiro atoms. The summed E-state index contributed by atoms with van der Waals surface area (Å²) in [5.74, 6) is 0.0416. The molecular formula is C25H25N5O3. The summed E-state index contributed by atoms with van der Waals surface area (Å²) in [7, 11) is 0. The van der Waals surface area contributed by atoms with Crippen LogP contribution < -0.4 is 11.5 Å². The first-order chi connectivity index (χ1) is 16.0. The molecule has 1 aromatic carbocycles. The number of aromatic nitrogens is 3. The Morgan fingerprint density at radius 3 is 2.64 bits per heavy atom. The number of carbonyl (C=O) groups excluding carboxylic acids is 1. The number of pyridine rings is 2. The zero-order valence-corrected chi connectivity index (χ0v) is 18.4. The van der Waals surface area contributed by atoms with Crippen molar-refractivity contribution in [1.82, 2.24) is 19.4 Å². The number of fused-ring (bicyclic) bond motifs is 1. The molecule has 1 atom stereocenters. The van der Waals surface area contributed by atoms with Gasteiger partial charge in [-0.25, -0.2) is 9.78 Å². The maximum Gasteiger partial charge on any atom is 0.420 e. The van der Waals surface area contributed by atoms with E-state index >= 15 is 0 Å². The molecule has 0 aliphatic carbocycles. The standard InChI is InChI=1S/C25H25N5O3/c1-16-4-8-22-21(11-16)30(25(32)33-22)15-24(31)29-10-2-3-19(14-29)20-7-5-17(12-27-20)18-6-9-23(26)28-13-18/h4-9,11-13,19H,2-3,10,14-15H2,1H3,(H2,26,28). The van der Waals surface area contributed by atoms with Crippen LogP contribution in [0.5, 0.6) is 0 Å². The molecular weight excluding hydrogens is 418 g/mol. The molecule has 168 valence electrons. The van der Waals surface area contributed by atoms with E-state index in [1.165, 1.54) is 4.57 Å². The fourth-order valence-corrected chi connectivity index (χ4v) is 4.40. The predicted molar refractivity (Wildman–Crippen MR) is 126 cm³/mol. The van der Waals surface area contributed by atoms with Gasteiger partial charge in [0.2, 0.25) is 5.91 Å². The number of likely N-dealkylation sites (tertiary alicyclic amines) is 1. The topological polar surface area (TPSA) is 107 Å². The highest BCUT2D eigenvalue weighted by molar-refractivity contribution is 5.80. The van der Waals surface area contributed by atoms with Crippen LogP contribution in [0.4, 0.5) is 5.82 Å². The molecule has 1 amide bonds. The van der Waals surface area contributed by atoms with Crippen LogP contribution in [0.15, 0.2) is 64.1 Å². The third kappa shape index (κ3) is 4.24. The number of benzene rings is 1. The lowest BCUT2D eigenvalue weighted by Crippen LogP contribution is -2.41. The molecule has 0 bridgehead atoms. The summed E-state index contributed by atoms with van der Waals surface area (Å²) in [5, 5.41) is 0. The predicted octanol–water partition coefficient (Wildman–Crippen LogP) is 3.35. The van der Waals surface area contributed by atoms with E-state index in [1.807, 2.05) is 48.4 Å². The highest BCUT2D eigenvalue weighted by Crippen LogP contribution is 2.28. The Balaban J connectivity index is 1.30. The highest BCUT2D eigenvalue weighted by Gasteiger charge is 2.26. The number of hydrogen-bond acceptors (Lipinski definition) is 6. The van der Waals surface area contributed by atoms with Gasteiger partial charge < -0.3 is 15.1 Å². The van der Waals surface area contributed by atoms with Crippen molar-refractivity contribution in [2.24, 2.45) is 0 Å². The third-order valence-corrected chi connectivity index (χ3v) is 6.21. The van der Waals surface area contributed by atoms with Gasteiger partial charge in [0.05, 0.1) is 5.52 Å². The van der Waals surface area contributed by atoms with Crippen LogP contribution in [0, 0.1) is 6.92 Å². The molecule has 3 aromatic heterocycles. The van der Waals surface area contributed by atoms with Crippen molar-refractivity contribution in [3.63, 3.8) is 0 Å². The van der Waals surface area contributed by atoms with Crippen molar-refractivity contribution in [3.05, 3.63) is 76.7 Å². The minimum atomic E-state index is -0.507. The molecule has 4 heterocycles.